The van der Waals surface area contributed by atoms with E-state index in [9.17, 15) is 22.8 Å². The minimum atomic E-state index is -1.32. The van der Waals surface area contributed by atoms with Gasteiger partial charge in [-0.25, -0.2) is 18.0 Å². The lowest BCUT2D eigenvalue weighted by atomic mass is 9.95. The van der Waals surface area contributed by atoms with Gasteiger partial charge in [-0.2, -0.15) is 0 Å². The number of likely N-dealkylation sites (N-methyl/N-ethyl adjacent to an activating group) is 1. The molecule has 2 N–H and O–H groups in total. The number of hydrogen-bond donors (Lipinski definition) is 2. The summed E-state index contributed by atoms with van der Waals surface area (Å²) in [6, 6.07) is -0.530. The van der Waals surface area contributed by atoms with Crippen molar-refractivity contribution in [1.82, 2.24) is 15.1 Å². The van der Waals surface area contributed by atoms with Gasteiger partial charge in [-0.1, -0.05) is 0 Å². The molecule has 0 bridgehead atoms. The zero-order valence-corrected chi connectivity index (χ0v) is 15.5. The number of halogens is 3. The van der Waals surface area contributed by atoms with Gasteiger partial charge in [0.05, 0.1) is 50.0 Å². The molecule has 1 aromatic rings. The number of hydrogen-bond acceptors (Lipinski definition) is 2. The monoisotopic (exact) mass is 395 g/mol. The van der Waals surface area contributed by atoms with E-state index in [-0.39, 0.29) is 23.6 Å². The average molecular weight is 395 g/mol. The molecule has 1 fully saturated rings. The molecule has 6 nitrogen and oxygen atoms in total. The van der Waals surface area contributed by atoms with Gasteiger partial charge >= 0.3 is 6.03 Å². The minimum Gasteiger partial charge on any atom is -0.333 e. The van der Waals surface area contributed by atoms with Gasteiger partial charge in [-0.15, -0.1) is 0 Å². The average Bonchev–Trinajstić information content (AvgIpc) is 3.28. The number of nitrogens with one attached hydrogen (secondary N) is 2. The fourth-order valence-corrected chi connectivity index (χ4v) is 4.21. The Hall–Kier alpha value is -2.55. The molecule has 0 aliphatic carbocycles. The number of amides is 3. The summed E-state index contributed by atoms with van der Waals surface area (Å²) in [6.45, 7) is 3.74. The van der Waals surface area contributed by atoms with Crippen LogP contribution < -0.4 is 10.2 Å². The largest absolute Gasteiger partial charge is 0.333 e. The molecule has 3 aliphatic heterocycles. The molecule has 0 spiro atoms. The Labute approximate surface area is 160 Å². The van der Waals surface area contributed by atoms with E-state index in [0.29, 0.717) is 24.4 Å². The van der Waals surface area contributed by atoms with Crippen molar-refractivity contribution >= 4 is 11.9 Å². The van der Waals surface area contributed by atoms with Gasteiger partial charge in [0.15, 0.2) is 11.6 Å². The number of nitrogens with zero attached hydrogens (tertiary/aromatic N) is 2. The molecule has 0 radical (unpaired) electrons. The highest BCUT2D eigenvalue weighted by atomic mass is 19.2. The number of carbonyl (C=O) groups is 2. The maximum absolute atomic E-state index is 14.4. The third-order valence-electron chi connectivity index (χ3n) is 5.83. The molecular weight excluding hydrogens is 373 g/mol. The van der Waals surface area contributed by atoms with E-state index in [4.69, 9.17) is 0 Å². The number of likely N-dealkylation sites (tertiary alicyclic amines) is 1. The van der Waals surface area contributed by atoms with E-state index >= 15 is 0 Å². The highest BCUT2D eigenvalue weighted by Crippen LogP contribution is 2.36. The van der Waals surface area contributed by atoms with Crippen LogP contribution in [0.4, 0.5) is 18.0 Å². The second kappa shape index (κ2) is 7.12. The molecule has 150 valence electrons. The van der Waals surface area contributed by atoms with E-state index in [1.807, 2.05) is 0 Å². The lowest BCUT2D eigenvalue weighted by Crippen LogP contribution is -3.10. The first-order valence-corrected chi connectivity index (χ1v) is 9.41. The van der Waals surface area contributed by atoms with Crippen LogP contribution in [0.25, 0.3) is 0 Å². The highest BCUT2D eigenvalue weighted by Gasteiger charge is 2.44. The van der Waals surface area contributed by atoms with Crippen LogP contribution in [0, 0.1) is 17.5 Å². The van der Waals surface area contributed by atoms with Crippen LogP contribution in [0.3, 0.4) is 0 Å². The molecule has 1 aromatic carbocycles. The molecule has 4 rings (SSSR count). The summed E-state index contributed by atoms with van der Waals surface area (Å²) >= 11 is 0. The van der Waals surface area contributed by atoms with Crippen LogP contribution >= 0.6 is 0 Å². The lowest BCUT2D eigenvalue weighted by Gasteiger charge is -2.31. The van der Waals surface area contributed by atoms with Crippen molar-refractivity contribution in [2.24, 2.45) is 0 Å². The zero-order valence-electron chi connectivity index (χ0n) is 15.5. The Morgan fingerprint density at radius 3 is 2.50 bits per heavy atom. The van der Waals surface area contributed by atoms with Crippen LogP contribution in [-0.4, -0.2) is 61.5 Å². The fraction of sp³-hybridized carbons (Fsp3) is 0.474. The Morgan fingerprint density at radius 1 is 1.11 bits per heavy atom. The summed E-state index contributed by atoms with van der Waals surface area (Å²) in [5.41, 5.74) is 0.427. The molecular formula is C19H22F3N4O2+. The molecule has 0 saturated carbocycles. The highest BCUT2D eigenvalue weighted by molar-refractivity contribution is 6.01. The van der Waals surface area contributed by atoms with E-state index in [1.165, 1.54) is 29.7 Å². The van der Waals surface area contributed by atoms with Crippen molar-refractivity contribution in [1.29, 1.82) is 0 Å². The van der Waals surface area contributed by atoms with Crippen LogP contribution in [0.5, 0.6) is 0 Å². The molecule has 0 aromatic heterocycles. The quantitative estimate of drug-likeness (QED) is 0.733. The van der Waals surface area contributed by atoms with Crippen LogP contribution in [0.15, 0.2) is 23.4 Å². The SMILES string of the molecule is CN1C(=O)N[C@H](c2cc(F)c(F)cc2F)C2=C1CN(CC[NH+]1CCCC1)C2=O. The number of rotatable bonds is 4. The van der Waals surface area contributed by atoms with Crippen LogP contribution in [-0.2, 0) is 4.79 Å². The summed E-state index contributed by atoms with van der Waals surface area (Å²) < 4.78 is 41.4. The third-order valence-corrected chi connectivity index (χ3v) is 5.83. The molecule has 9 heteroatoms. The Kier molecular flexibility index (Phi) is 4.78. The van der Waals surface area contributed by atoms with E-state index in [0.717, 1.165) is 19.6 Å². The van der Waals surface area contributed by atoms with Gasteiger partial charge in [0.25, 0.3) is 5.91 Å². The zero-order chi connectivity index (χ0) is 20.0. The smallest absolute Gasteiger partial charge is 0.322 e. The fourth-order valence-electron chi connectivity index (χ4n) is 4.21. The van der Waals surface area contributed by atoms with Crippen LogP contribution in [0.2, 0.25) is 0 Å². The molecule has 1 atom stereocenters. The van der Waals surface area contributed by atoms with Gasteiger partial charge in [-0.3, -0.25) is 9.69 Å². The first-order chi connectivity index (χ1) is 13.4. The van der Waals surface area contributed by atoms with E-state index in [2.05, 4.69) is 5.32 Å². The Bertz CT molecular complexity index is 867. The molecule has 3 aliphatic rings. The van der Waals surface area contributed by atoms with Gasteiger partial charge in [0.1, 0.15) is 5.82 Å². The van der Waals surface area contributed by atoms with Crippen molar-refractivity contribution in [3.8, 4) is 0 Å². The second-order valence-corrected chi connectivity index (χ2v) is 7.52. The summed E-state index contributed by atoms with van der Waals surface area (Å²) in [7, 11) is 1.53. The lowest BCUT2D eigenvalue weighted by molar-refractivity contribution is -0.886. The molecule has 0 unspecified atom stereocenters. The third kappa shape index (κ3) is 3.13. The summed E-state index contributed by atoms with van der Waals surface area (Å²) in [5.74, 6) is -3.86. The maximum Gasteiger partial charge on any atom is 0.322 e. The van der Waals surface area contributed by atoms with Crippen LogP contribution in [0.1, 0.15) is 24.4 Å². The molecule has 28 heavy (non-hydrogen) atoms. The first kappa shape index (κ1) is 18.8. The van der Waals surface area contributed by atoms with Gasteiger partial charge in [0.2, 0.25) is 0 Å². The molecule has 3 amide bonds. The predicted molar refractivity (Wildman–Crippen MR) is 93.8 cm³/mol. The predicted octanol–water partition coefficient (Wildman–Crippen LogP) is 0.575. The van der Waals surface area contributed by atoms with Crippen molar-refractivity contribution in [2.45, 2.75) is 18.9 Å². The Morgan fingerprint density at radius 2 is 1.79 bits per heavy atom. The normalized spacial score (nSPS) is 22.9. The number of carbonyl (C=O) groups excluding carboxylic acids is 2. The standard InChI is InChI=1S/C19H21F3N4O2/c1-24-15-10-26(7-6-25-4-2-3-5-25)18(27)16(15)17(23-19(24)28)11-8-13(21)14(22)9-12(11)20/h8-9,17H,2-7,10H2,1H3,(H,23,28)/p+1/t17-/m1/s1. The van der Waals surface area contributed by atoms with Crippen molar-refractivity contribution in [3.05, 3.63) is 46.4 Å². The number of urea groups is 1. The van der Waals surface area contributed by atoms with Crippen molar-refractivity contribution in [2.75, 3.05) is 39.8 Å². The molecule has 1 saturated heterocycles. The number of quaternary nitrogens is 1. The second-order valence-electron chi connectivity index (χ2n) is 7.52. The van der Waals surface area contributed by atoms with Gasteiger partial charge < -0.3 is 15.1 Å². The summed E-state index contributed by atoms with van der Waals surface area (Å²) in [4.78, 5) is 29.7. The topological polar surface area (TPSA) is 57.1 Å². The Balaban J connectivity index is 1.63. The van der Waals surface area contributed by atoms with Gasteiger partial charge in [0, 0.05) is 31.5 Å². The summed E-state index contributed by atoms with van der Waals surface area (Å²) in [6.07, 6.45) is 2.35. The van der Waals surface area contributed by atoms with E-state index < -0.39 is 29.5 Å². The van der Waals surface area contributed by atoms with Crippen molar-refractivity contribution < 1.29 is 27.7 Å². The first-order valence-electron chi connectivity index (χ1n) is 9.41. The summed E-state index contributed by atoms with van der Waals surface area (Å²) in [5, 5.41) is 2.54. The van der Waals surface area contributed by atoms with Crippen molar-refractivity contribution in [3.63, 3.8) is 0 Å². The maximum atomic E-state index is 14.4. The minimum absolute atomic E-state index is 0.212. The molecule has 3 heterocycles. The van der Waals surface area contributed by atoms with Gasteiger partial charge in [-0.05, 0) is 6.07 Å². The van der Waals surface area contributed by atoms with E-state index in [1.54, 1.807) is 4.90 Å². The number of benzene rings is 1.